The summed E-state index contributed by atoms with van der Waals surface area (Å²) >= 11 is 0. The number of morpholine rings is 1. The van der Waals surface area contributed by atoms with E-state index in [4.69, 9.17) is 10.5 Å². The van der Waals surface area contributed by atoms with Gasteiger partial charge in [-0.2, -0.15) is 0 Å². The number of pyridine rings is 1. The Bertz CT molecular complexity index is 506. The summed E-state index contributed by atoms with van der Waals surface area (Å²) in [6, 6.07) is 3.30. The lowest BCUT2D eigenvalue weighted by molar-refractivity contribution is -0.144. The van der Waals surface area contributed by atoms with Gasteiger partial charge in [-0.15, -0.1) is 0 Å². The fourth-order valence-corrected chi connectivity index (χ4v) is 2.15. The zero-order valence-corrected chi connectivity index (χ0v) is 11.2. The van der Waals surface area contributed by atoms with Crippen molar-refractivity contribution in [1.29, 1.82) is 0 Å². The van der Waals surface area contributed by atoms with E-state index in [-0.39, 0.29) is 18.5 Å². The molecule has 1 fully saturated rings. The second-order valence-corrected chi connectivity index (χ2v) is 4.46. The van der Waals surface area contributed by atoms with Crippen LogP contribution < -0.4 is 10.6 Å². The topological polar surface area (TPSA) is 94.8 Å². The number of nitrogens with zero attached hydrogens (tertiary/aromatic N) is 2. The number of hydrogen-bond donors (Lipinski definition) is 1. The summed E-state index contributed by atoms with van der Waals surface area (Å²) < 4.78 is 10.1. The maximum absolute atomic E-state index is 11.4. The summed E-state index contributed by atoms with van der Waals surface area (Å²) in [4.78, 5) is 28.8. The molecule has 7 heteroatoms. The molecule has 0 radical (unpaired) electrons. The van der Waals surface area contributed by atoms with Crippen LogP contribution >= 0.6 is 0 Å². The number of carbonyl (C=O) groups excluding carboxylic acids is 2. The molecule has 2 N–H and O–H groups in total. The van der Waals surface area contributed by atoms with Crippen molar-refractivity contribution in [3.8, 4) is 0 Å². The Morgan fingerprint density at radius 1 is 1.60 bits per heavy atom. The molecule has 0 aromatic carbocycles. The van der Waals surface area contributed by atoms with E-state index in [0.29, 0.717) is 31.1 Å². The second-order valence-electron chi connectivity index (χ2n) is 4.46. The average Bonchev–Trinajstić information content (AvgIpc) is 2.47. The molecule has 2 heterocycles. The number of hydrogen-bond acceptors (Lipinski definition) is 6. The molecular formula is C13H17N3O4. The van der Waals surface area contributed by atoms with Crippen LogP contribution in [-0.4, -0.2) is 49.8 Å². The molecule has 20 heavy (non-hydrogen) atoms. The maximum Gasteiger partial charge on any atom is 0.308 e. The molecular weight excluding hydrogens is 262 g/mol. The SMILES string of the molecule is COC(=O)CC1CN(c2ncccc2C(N)=O)CCO1. The molecule has 2 rings (SSSR count). The summed E-state index contributed by atoms with van der Waals surface area (Å²) in [5.74, 6) is -0.324. The third-order valence-corrected chi connectivity index (χ3v) is 3.11. The van der Waals surface area contributed by atoms with Crippen LogP contribution in [0.3, 0.4) is 0 Å². The average molecular weight is 279 g/mol. The third-order valence-electron chi connectivity index (χ3n) is 3.11. The highest BCUT2D eigenvalue weighted by Crippen LogP contribution is 2.20. The third kappa shape index (κ3) is 3.24. The lowest BCUT2D eigenvalue weighted by atomic mass is 10.1. The Labute approximate surface area is 116 Å². The van der Waals surface area contributed by atoms with Crippen molar-refractivity contribution in [3.63, 3.8) is 0 Å². The molecule has 1 unspecified atom stereocenters. The van der Waals surface area contributed by atoms with Crippen LogP contribution in [0.15, 0.2) is 18.3 Å². The lowest BCUT2D eigenvalue weighted by Crippen LogP contribution is -2.44. The number of anilines is 1. The zero-order chi connectivity index (χ0) is 14.5. The van der Waals surface area contributed by atoms with Gasteiger partial charge in [-0.1, -0.05) is 0 Å². The highest BCUT2D eigenvalue weighted by Gasteiger charge is 2.26. The van der Waals surface area contributed by atoms with Gasteiger partial charge in [0.2, 0.25) is 0 Å². The van der Waals surface area contributed by atoms with Gasteiger partial charge in [0.05, 0.1) is 31.8 Å². The number of esters is 1. The van der Waals surface area contributed by atoms with E-state index >= 15 is 0 Å². The number of aromatic nitrogens is 1. The molecule has 1 aliphatic rings. The molecule has 0 saturated carbocycles. The molecule has 1 amide bonds. The van der Waals surface area contributed by atoms with Gasteiger partial charge in [-0.05, 0) is 12.1 Å². The molecule has 0 spiro atoms. The lowest BCUT2D eigenvalue weighted by Gasteiger charge is -2.33. The van der Waals surface area contributed by atoms with E-state index in [2.05, 4.69) is 9.72 Å². The van der Waals surface area contributed by atoms with Gasteiger partial charge >= 0.3 is 5.97 Å². The molecule has 1 atom stereocenters. The zero-order valence-electron chi connectivity index (χ0n) is 11.2. The number of rotatable bonds is 4. The van der Waals surface area contributed by atoms with E-state index in [0.717, 1.165) is 0 Å². The van der Waals surface area contributed by atoms with E-state index in [1.165, 1.54) is 7.11 Å². The molecule has 1 saturated heterocycles. The van der Waals surface area contributed by atoms with E-state index in [1.807, 2.05) is 4.90 Å². The predicted octanol–water partition coefficient (Wildman–Crippen LogP) is -0.0512. The van der Waals surface area contributed by atoms with Crippen molar-refractivity contribution in [3.05, 3.63) is 23.9 Å². The van der Waals surface area contributed by atoms with Crippen molar-refractivity contribution < 1.29 is 19.1 Å². The molecule has 1 aromatic heterocycles. The molecule has 108 valence electrons. The van der Waals surface area contributed by atoms with Gasteiger partial charge in [0.25, 0.3) is 5.91 Å². The summed E-state index contributed by atoms with van der Waals surface area (Å²) in [5, 5.41) is 0. The summed E-state index contributed by atoms with van der Waals surface area (Å²) in [6.45, 7) is 1.51. The number of primary amides is 1. The first-order valence-electron chi connectivity index (χ1n) is 6.30. The molecule has 0 bridgehead atoms. The van der Waals surface area contributed by atoms with Gasteiger partial charge in [0.1, 0.15) is 5.82 Å². The number of methoxy groups -OCH3 is 1. The fraction of sp³-hybridized carbons (Fsp3) is 0.462. The smallest absolute Gasteiger partial charge is 0.308 e. The van der Waals surface area contributed by atoms with Crippen LogP contribution in [0, 0.1) is 0 Å². The van der Waals surface area contributed by atoms with Crippen LogP contribution in [-0.2, 0) is 14.3 Å². The number of amides is 1. The quantitative estimate of drug-likeness (QED) is 0.776. The van der Waals surface area contributed by atoms with Crippen LogP contribution in [0.25, 0.3) is 0 Å². The van der Waals surface area contributed by atoms with Crippen LogP contribution in [0.5, 0.6) is 0 Å². The highest BCUT2D eigenvalue weighted by atomic mass is 16.5. The number of carbonyl (C=O) groups is 2. The van der Waals surface area contributed by atoms with E-state index in [9.17, 15) is 9.59 Å². The Hall–Kier alpha value is -2.15. The predicted molar refractivity (Wildman–Crippen MR) is 71.3 cm³/mol. The standard InChI is InChI=1S/C13H17N3O4/c1-19-11(17)7-9-8-16(5-6-20-9)13-10(12(14)18)3-2-4-15-13/h2-4,9H,5-8H2,1H3,(H2,14,18). The Morgan fingerprint density at radius 3 is 3.10 bits per heavy atom. The van der Waals surface area contributed by atoms with Gasteiger partial charge in [0, 0.05) is 19.3 Å². The van der Waals surface area contributed by atoms with Crippen molar-refractivity contribution in [2.75, 3.05) is 31.7 Å². The van der Waals surface area contributed by atoms with E-state index < -0.39 is 5.91 Å². The second kappa shape index (κ2) is 6.33. The molecule has 1 aliphatic heterocycles. The van der Waals surface area contributed by atoms with Crippen molar-refractivity contribution in [2.24, 2.45) is 5.73 Å². The van der Waals surface area contributed by atoms with Crippen molar-refractivity contribution in [1.82, 2.24) is 4.98 Å². The number of ether oxygens (including phenoxy) is 2. The molecule has 0 aliphatic carbocycles. The normalized spacial score (nSPS) is 18.6. The summed E-state index contributed by atoms with van der Waals surface area (Å²) in [7, 11) is 1.34. The van der Waals surface area contributed by atoms with Gasteiger partial charge in [-0.25, -0.2) is 4.98 Å². The monoisotopic (exact) mass is 279 g/mol. The maximum atomic E-state index is 11.4. The number of nitrogens with two attached hydrogens (primary N) is 1. The van der Waals surface area contributed by atoms with Crippen LogP contribution in [0.2, 0.25) is 0 Å². The Morgan fingerprint density at radius 2 is 2.40 bits per heavy atom. The van der Waals surface area contributed by atoms with Gasteiger partial charge < -0.3 is 20.1 Å². The van der Waals surface area contributed by atoms with Gasteiger partial charge in [-0.3, -0.25) is 9.59 Å². The Kier molecular flexibility index (Phi) is 4.52. The first-order valence-corrected chi connectivity index (χ1v) is 6.30. The summed E-state index contributed by atoms with van der Waals surface area (Å²) in [6.07, 6.45) is 1.50. The van der Waals surface area contributed by atoms with Crippen LogP contribution in [0.1, 0.15) is 16.8 Å². The van der Waals surface area contributed by atoms with Crippen LogP contribution in [0.4, 0.5) is 5.82 Å². The minimum Gasteiger partial charge on any atom is -0.469 e. The highest BCUT2D eigenvalue weighted by molar-refractivity contribution is 5.97. The summed E-state index contributed by atoms with van der Waals surface area (Å²) in [5.41, 5.74) is 5.71. The van der Waals surface area contributed by atoms with Crippen molar-refractivity contribution in [2.45, 2.75) is 12.5 Å². The van der Waals surface area contributed by atoms with Crippen molar-refractivity contribution >= 4 is 17.7 Å². The molecule has 1 aromatic rings. The van der Waals surface area contributed by atoms with E-state index in [1.54, 1.807) is 18.3 Å². The first kappa shape index (κ1) is 14.3. The largest absolute Gasteiger partial charge is 0.469 e. The minimum absolute atomic E-state index is 0.172. The molecule has 7 nitrogen and oxygen atoms in total. The Balaban J connectivity index is 2.13. The van der Waals surface area contributed by atoms with Gasteiger partial charge in [0.15, 0.2) is 0 Å². The first-order chi connectivity index (χ1) is 9.61. The minimum atomic E-state index is -0.524. The fourth-order valence-electron chi connectivity index (χ4n) is 2.15.